The number of benzene rings is 1. The monoisotopic (exact) mass is 222 g/mol. The molecule has 0 radical (unpaired) electrons. The van der Waals surface area contributed by atoms with Gasteiger partial charge in [0, 0.05) is 12.0 Å². The molecule has 2 atom stereocenters. The minimum absolute atomic E-state index is 0.0217. The number of hydrogen-bond acceptors (Lipinski definition) is 3. The second-order valence-electron chi connectivity index (χ2n) is 4.86. The molecular weight excluding hydrogens is 208 g/mol. The van der Waals surface area contributed by atoms with Gasteiger partial charge in [0.25, 0.3) is 0 Å². The second-order valence-corrected chi connectivity index (χ2v) is 4.86. The number of carboxylic acid groups (broad SMARTS) is 1. The van der Waals surface area contributed by atoms with Crippen LogP contribution in [0.25, 0.3) is 0 Å². The SMILES string of the molecule is CC1(C)[C@H](C(=O)O)[C@H]1c1ccc(O)cc1O. The standard InChI is InChI=1S/C12H14O4/c1-12(2)9(10(12)11(15)16)7-4-3-6(13)5-8(7)14/h3-5,9-10,13-14H,1-2H3,(H,15,16)/t9-,10+/m1/s1. The molecular formula is C12H14O4. The summed E-state index contributed by atoms with van der Waals surface area (Å²) in [7, 11) is 0. The highest BCUT2D eigenvalue weighted by atomic mass is 16.4. The van der Waals surface area contributed by atoms with Crippen molar-refractivity contribution in [3.8, 4) is 11.5 Å². The Labute approximate surface area is 93.2 Å². The van der Waals surface area contributed by atoms with Crippen LogP contribution < -0.4 is 0 Å². The van der Waals surface area contributed by atoms with Gasteiger partial charge in [0.2, 0.25) is 0 Å². The van der Waals surface area contributed by atoms with Crippen molar-refractivity contribution in [3.05, 3.63) is 23.8 Å². The molecule has 3 N–H and O–H groups in total. The number of phenols is 2. The lowest BCUT2D eigenvalue weighted by Crippen LogP contribution is -2.03. The lowest BCUT2D eigenvalue weighted by molar-refractivity contribution is -0.139. The van der Waals surface area contributed by atoms with Gasteiger partial charge in [0.15, 0.2) is 0 Å². The van der Waals surface area contributed by atoms with E-state index in [4.69, 9.17) is 10.2 Å². The van der Waals surface area contributed by atoms with Crippen molar-refractivity contribution in [2.75, 3.05) is 0 Å². The average Bonchev–Trinajstić information content (AvgIpc) is 2.69. The van der Waals surface area contributed by atoms with Crippen LogP contribution in [0.3, 0.4) is 0 Å². The fourth-order valence-electron chi connectivity index (χ4n) is 2.47. The summed E-state index contributed by atoms with van der Waals surface area (Å²) in [6, 6.07) is 4.28. The zero-order valence-corrected chi connectivity index (χ0v) is 9.14. The van der Waals surface area contributed by atoms with Crippen molar-refractivity contribution in [2.45, 2.75) is 19.8 Å². The van der Waals surface area contributed by atoms with Crippen LogP contribution in [0.5, 0.6) is 11.5 Å². The minimum atomic E-state index is -0.845. The second kappa shape index (κ2) is 3.14. The first-order chi connectivity index (χ1) is 7.35. The summed E-state index contributed by atoms with van der Waals surface area (Å²) >= 11 is 0. The first kappa shape index (κ1) is 10.8. The molecule has 1 aliphatic carbocycles. The van der Waals surface area contributed by atoms with Gasteiger partial charge in [-0.3, -0.25) is 4.79 Å². The molecule has 1 aliphatic rings. The van der Waals surface area contributed by atoms with Gasteiger partial charge in [0.1, 0.15) is 11.5 Å². The molecule has 4 nitrogen and oxygen atoms in total. The first-order valence-corrected chi connectivity index (χ1v) is 5.10. The van der Waals surface area contributed by atoms with Gasteiger partial charge in [-0.25, -0.2) is 0 Å². The minimum Gasteiger partial charge on any atom is -0.508 e. The van der Waals surface area contributed by atoms with E-state index in [-0.39, 0.29) is 22.8 Å². The molecule has 0 amide bonds. The number of phenolic OH excluding ortho intramolecular Hbond substituents is 2. The maximum atomic E-state index is 11.0. The van der Waals surface area contributed by atoms with Gasteiger partial charge in [-0.15, -0.1) is 0 Å². The van der Waals surface area contributed by atoms with E-state index in [1.54, 1.807) is 6.07 Å². The van der Waals surface area contributed by atoms with E-state index in [0.717, 1.165) is 0 Å². The lowest BCUT2D eigenvalue weighted by Gasteiger charge is -2.05. The molecule has 1 fully saturated rings. The number of rotatable bonds is 2. The van der Waals surface area contributed by atoms with Crippen LogP contribution in [0.15, 0.2) is 18.2 Å². The molecule has 0 aromatic heterocycles. The van der Waals surface area contributed by atoms with Gasteiger partial charge in [0.05, 0.1) is 5.92 Å². The third kappa shape index (κ3) is 1.41. The van der Waals surface area contributed by atoms with Crippen molar-refractivity contribution < 1.29 is 20.1 Å². The third-order valence-corrected chi connectivity index (χ3v) is 3.44. The smallest absolute Gasteiger partial charge is 0.307 e. The number of aromatic hydroxyl groups is 2. The van der Waals surface area contributed by atoms with E-state index < -0.39 is 11.9 Å². The Morgan fingerprint density at radius 1 is 1.31 bits per heavy atom. The van der Waals surface area contributed by atoms with E-state index in [1.807, 2.05) is 13.8 Å². The molecule has 0 bridgehead atoms. The molecule has 0 heterocycles. The number of hydrogen-bond donors (Lipinski definition) is 3. The largest absolute Gasteiger partial charge is 0.508 e. The van der Waals surface area contributed by atoms with Crippen LogP contribution in [0.4, 0.5) is 0 Å². The summed E-state index contributed by atoms with van der Waals surface area (Å²) in [6.45, 7) is 3.73. The van der Waals surface area contributed by atoms with Gasteiger partial charge in [-0.2, -0.15) is 0 Å². The van der Waals surface area contributed by atoms with E-state index in [2.05, 4.69) is 0 Å². The Balaban J connectivity index is 2.37. The average molecular weight is 222 g/mol. The Morgan fingerprint density at radius 3 is 2.38 bits per heavy atom. The fourth-order valence-corrected chi connectivity index (χ4v) is 2.47. The number of carbonyl (C=O) groups is 1. The number of aliphatic carboxylic acids is 1. The van der Waals surface area contributed by atoms with Gasteiger partial charge in [-0.05, 0) is 17.0 Å². The van der Waals surface area contributed by atoms with Crippen molar-refractivity contribution in [3.63, 3.8) is 0 Å². The van der Waals surface area contributed by atoms with Crippen molar-refractivity contribution >= 4 is 5.97 Å². The van der Waals surface area contributed by atoms with Gasteiger partial charge >= 0.3 is 5.97 Å². The maximum Gasteiger partial charge on any atom is 0.307 e. The van der Waals surface area contributed by atoms with Gasteiger partial charge < -0.3 is 15.3 Å². The topological polar surface area (TPSA) is 77.8 Å². The number of carboxylic acids is 1. The molecule has 0 saturated heterocycles. The van der Waals surface area contributed by atoms with Crippen molar-refractivity contribution in [1.29, 1.82) is 0 Å². The van der Waals surface area contributed by atoms with Crippen LogP contribution in [0, 0.1) is 11.3 Å². The summed E-state index contributed by atoms with van der Waals surface area (Å²) in [6.07, 6.45) is 0. The molecule has 16 heavy (non-hydrogen) atoms. The maximum absolute atomic E-state index is 11.0. The van der Waals surface area contributed by atoms with E-state index in [9.17, 15) is 9.90 Å². The predicted molar refractivity (Wildman–Crippen MR) is 57.4 cm³/mol. The van der Waals surface area contributed by atoms with Crippen LogP contribution in [-0.4, -0.2) is 21.3 Å². The molecule has 1 aromatic rings. The summed E-state index contributed by atoms with van der Waals surface area (Å²) in [5.74, 6) is -1.57. The quantitative estimate of drug-likeness (QED) is 0.714. The van der Waals surface area contributed by atoms with Crippen molar-refractivity contribution in [2.24, 2.45) is 11.3 Å². The highest BCUT2D eigenvalue weighted by Gasteiger charge is 2.63. The van der Waals surface area contributed by atoms with Crippen LogP contribution in [0.1, 0.15) is 25.3 Å². The molecule has 0 unspecified atom stereocenters. The molecule has 2 rings (SSSR count). The van der Waals surface area contributed by atoms with Gasteiger partial charge in [-0.1, -0.05) is 19.9 Å². The van der Waals surface area contributed by atoms with E-state index >= 15 is 0 Å². The Morgan fingerprint density at radius 2 is 1.94 bits per heavy atom. The highest BCUT2D eigenvalue weighted by Crippen LogP contribution is 2.65. The molecule has 1 saturated carbocycles. The molecule has 0 aliphatic heterocycles. The summed E-state index contributed by atoms with van der Waals surface area (Å²) < 4.78 is 0. The zero-order valence-electron chi connectivity index (χ0n) is 9.14. The van der Waals surface area contributed by atoms with E-state index in [1.165, 1.54) is 12.1 Å². The van der Waals surface area contributed by atoms with Crippen molar-refractivity contribution in [1.82, 2.24) is 0 Å². The molecule has 0 spiro atoms. The van der Waals surface area contributed by atoms with E-state index in [0.29, 0.717) is 5.56 Å². The Kier molecular flexibility index (Phi) is 2.12. The third-order valence-electron chi connectivity index (χ3n) is 3.44. The molecule has 86 valence electrons. The molecule has 1 aromatic carbocycles. The lowest BCUT2D eigenvalue weighted by atomic mass is 10.0. The summed E-state index contributed by atoms with van der Waals surface area (Å²) in [4.78, 5) is 11.0. The van der Waals surface area contributed by atoms with Crippen LogP contribution in [-0.2, 0) is 4.79 Å². The summed E-state index contributed by atoms with van der Waals surface area (Å²) in [5.41, 5.74) is 0.246. The van der Waals surface area contributed by atoms with Crippen LogP contribution in [0.2, 0.25) is 0 Å². The zero-order chi connectivity index (χ0) is 12.1. The predicted octanol–water partition coefficient (Wildman–Crippen LogP) is 1.92. The Hall–Kier alpha value is -1.71. The Bertz CT molecular complexity index is 450. The molecule has 4 heteroatoms. The first-order valence-electron chi connectivity index (χ1n) is 5.10. The summed E-state index contributed by atoms with van der Waals surface area (Å²) in [5, 5.41) is 27.9. The highest BCUT2D eigenvalue weighted by molar-refractivity contribution is 5.78. The normalized spacial score (nSPS) is 26.4. The fraction of sp³-hybridized carbons (Fsp3) is 0.417. The van der Waals surface area contributed by atoms with Crippen LogP contribution >= 0.6 is 0 Å².